The number of amides is 1. The third-order valence-electron chi connectivity index (χ3n) is 2.25. The summed E-state index contributed by atoms with van der Waals surface area (Å²) in [5.74, 6) is 0.476. The van der Waals surface area contributed by atoms with Crippen LogP contribution < -0.4 is 0 Å². The fraction of sp³-hybridized carbons (Fsp3) is 0.700. The summed E-state index contributed by atoms with van der Waals surface area (Å²) in [6.07, 6.45) is 5.14. The lowest BCUT2D eigenvalue weighted by Crippen LogP contribution is -2.40. The SMILES string of the molecule is CC(C)C(S)C(=O)N1CC=CCC1. The molecule has 0 radical (unpaired) electrons. The van der Waals surface area contributed by atoms with E-state index in [9.17, 15) is 4.79 Å². The second-order valence-electron chi connectivity index (χ2n) is 3.73. The third kappa shape index (κ3) is 2.76. The van der Waals surface area contributed by atoms with Gasteiger partial charge in [0.05, 0.1) is 5.25 Å². The van der Waals surface area contributed by atoms with Gasteiger partial charge in [-0.2, -0.15) is 12.6 Å². The molecule has 0 aromatic carbocycles. The van der Waals surface area contributed by atoms with Crippen LogP contribution in [-0.2, 0) is 4.79 Å². The standard InChI is InChI=1S/C10H17NOS/c1-8(2)9(13)10(12)11-6-4-3-5-7-11/h3-4,8-9,13H,5-7H2,1-2H3. The minimum absolute atomic E-state index is 0.147. The monoisotopic (exact) mass is 199 g/mol. The van der Waals surface area contributed by atoms with Crippen LogP contribution in [-0.4, -0.2) is 29.1 Å². The molecule has 1 unspecified atom stereocenters. The molecule has 1 amide bonds. The number of hydrogen-bond donors (Lipinski definition) is 1. The zero-order valence-corrected chi connectivity index (χ0v) is 9.13. The van der Waals surface area contributed by atoms with Crippen LogP contribution in [0.25, 0.3) is 0 Å². The van der Waals surface area contributed by atoms with Crippen molar-refractivity contribution in [2.24, 2.45) is 5.92 Å². The first-order chi connectivity index (χ1) is 6.13. The summed E-state index contributed by atoms with van der Waals surface area (Å²) in [7, 11) is 0. The number of carbonyl (C=O) groups excluding carboxylic acids is 1. The van der Waals surface area contributed by atoms with Gasteiger partial charge in [-0.25, -0.2) is 0 Å². The largest absolute Gasteiger partial charge is 0.338 e. The van der Waals surface area contributed by atoms with Crippen LogP contribution in [0.4, 0.5) is 0 Å². The molecule has 1 aliphatic rings. The third-order valence-corrected chi connectivity index (χ3v) is 3.07. The molecule has 0 spiro atoms. The maximum absolute atomic E-state index is 11.8. The lowest BCUT2D eigenvalue weighted by molar-refractivity contribution is -0.130. The van der Waals surface area contributed by atoms with E-state index in [1.54, 1.807) is 0 Å². The van der Waals surface area contributed by atoms with Gasteiger partial charge in [0.25, 0.3) is 0 Å². The van der Waals surface area contributed by atoms with E-state index in [-0.39, 0.29) is 11.2 Å². The fourth-order valence-corrected chi connectivity index (χ4v) is 1.48. The van der Waals surface area contributed by atoms with Crippen molar-refractivity contribution in [2.75, 3.05) is 13.1 Å². The second kappa shape index (κ2) is 4.70. The Bertz CT molecular complexity index is 213. The average molecular weight is 199 g/mol. The maximum Gasteiger partial charge on any atom is 0.235 e. The van der Waals surface area contributed by atoms with Crippen molar-refractivity contribution in [3.8, 4) is 0 Å². The van der Waals surface area contributed by atoms with Gasteiger partial charge in [0.1, 0.15) is 0 Å². The Morgan fingerprint density at radius 1 is 1.46 bits per heavy atom. The van der Waals surface area contributed by atoms with Gasteiger partial charge in [0.15, 0.2) is 0 Å². The number of rotatable bonds is 2. The van der Waals surface area contributed by atoms with E-state index in [1.165, 1.54) is 0 Å². The Hall–Kier alpha value is -0.440. The van der Waals surface area contributed by atoms with Crippen LogP contribution in [0.3, 0.4) is 0 Å². The molecule has 0 saturated carbocycles. The lowest BCUT2D eigenvalue weighted by Gasteiger charge is -2.27. The Labute approximate surface area is 85.4 Å². The summed E-state index contributed by atoms with van der Waals surface area (Å²) < 4.78 is 0. The number of carbonyl (C=O) groups is 1. The molecule has 13 heavy (non-hydrogen) atoms. The van der Waals surface area contributed by atoms with Crippen LogP contribution >= 0.6 is 12.6 Å². The Kier molecular flexibility index (Phi) is 3.85. The van der Waals surface area contributed by atoms with Gasteiger partial charge in [-0.1, -0.05) is 26.0 Å². The summed E-state index contributed by atoms with van der Waals surface area (Å²) in [6, 6.07) is 0. The maximum atomic E-state index is 11.8. The summed E-state index contributed by atoms with van der Waals surface area (Å²) in [5, 5.41) is -0.147. The highest BCUT2D eigenvalue weighted by atomic mass is 32.1. The van der Waals surface area contributed by atoms with Gasteiger partial charge in [0.2, 0.25) is 5.91 Å². The molecule has 0 saturated heterocycles. The zero-order valence-electron chi connectivity index (χ0n) is 8.23. The molecule has 0 aromatic rings. The number of hydrogen-bond acceptors (Lipinski definition) is 2. The molecule has 1 heterocycles. The Morgan fingerprint density at radius 3 is 2.62 bits per heavy atom. The molecule has 1 atom stereocenters. The highest BCUT2D eigenvalue weighted by molar-refractivity contribution is 7.81. The Balaban J connectivity index is 2.51. The molecule has 0 N–H and O–H groups in total. The summed E-state index contributed by atoms with van der Waals surface area (Å²) >= 11 is 4.31. The summed E-state index contributed by atoms with van der Waals surface area (Å²) in [5.41, 5.74) is 0. The van der Waals surface area contributed by atoms with E-state index < -0.39 is 0 Å². The lowest BCUT2D eigenvalue weighted by atomic mass is 10.1. The fourth-order valence-electron chi connectivity index (χ4n) is 1.31. The van der Waals surface area contributed by atoms with Crippen molar-refractivity contribution in [1.82, 2.24) is 4.90 Å². The summed E-state index contributed by atoms with van der Waals surface area (Å²) in [6.45, 7) is 5.65. The van der Waals surface area contributed by atoms with Crippen LogP contribution in [0.1, 0.15) is 20.3 Å². The summed E-state index contributed by atoms with van der Waals surface area (Å²) in [4.78, 5) is 13.6. The predicted molar refractivity (Wildman–Crippen MR) is 57.9 cm³/mol. The van der Waals surface area contributed by atoms with Crippen LogP contribution in [0, 0.1) is 5.92 Å². The van der Waals surface area contributed by atoms with E-state index >= 15 is 0 Å². The molecule has 0 aromatic heterocycles. The molecule has 0 fully saturated rings. The first kappa shape index (κ1) is 10.6. The molecule has 3 heteroatoms. The molecule has 0 bridgehead atoms. The van der Waals surface area contributed by atoms with Crippen LogP contribution in [0.5, 0.6) is 0 Å². The van der Waals surface area contributed by atoms with E-state index in [4.69, 9.17) is 0 Å². The minimum atomic E-state index is -0.147. The highest BCUT2D eigenvalue weighted by Gasteiger charge is 2.23. The Morgan fingerprint density at radius 2 is 2.15 bits per heavy atom. The smallest absolute Gasteiger partial charge is 0.235 e. The molecular formula is C10H17NOS. The zero-order chi connectivity index (χ0) is 9.84. The quantitative estimate of drug-likeness (QED) is 0.530. The molecular weight excluding hydrogens is 182 g/mol. The van der Waals surface area contributed by atoms with Crippen molar-refractivity contribution in [1.29, 1.82) is 0 Å². The first-order valence-electron chi connectivity index (χ1n) is 4.74. The average Bonchev–Trinajstić information content (AvgIpc) is 2.17. The van der Waals surface area contributed by atoms with E-state index in [1.807, 2.05) is 24.8 Å². The minimum Gasteiger partial charge on any atom is -0.338 e. The van der Waals surface area contributed by atoms with E-state index in [0.29, 0.717) is 5.92 Å². The topological polar surface area (TPSA) is 20.3 Å². The van der Waals surface area contributed by atoms with Crippen molar-refractivity contribution < 1.29 is 4.79 Å². The van der Waals surface area contributed by atoms with Crippen LogP contribution in [0.15, 0.2) is 12.2 Å². The van der Waals surface area contributed by atoms with Gasteiger partial charge in [0, 0.05) is 13.1 Å². The second-order valence-corrected chi connectivity index (χ2v) is 4.29. The van der Waals surface area contributed by atoms with Crippen LogP contribution in [0.2, 0.25) is 0 Å². The number of thiol groups is 1. The molecule has 74 valence electrons. The van der Waals surface area contributed by atoms with Crippen molar-refractivity contribution in [2.45, 2.75) is 25.5 Å². The molecule has 1 aliphatic heterocycles. The normalized spacial score (nSPS) is 19.2. The predicted octanol–water partition coefficient (Wildman–Crippen LogP) is 1.73. The van der Waals surface area contributed by atoms with Gasteiger partial charge in [-0.15, -0.1) is 0 Å². The van der Waals surface area contributed by atoms with Gasteiger partial charge < -0.3 is 4.90 Å². The molecule has 0 aliphatic carbocycles. The van der Waals surface area contributed by atoms with Gasteiger partial charge in [-0.3, -0.25) is 4.79 Å². The van der Waals surface area contributed by atoms with Crippen molar-refractivity contribution in [3.63, 3.8) is 0 Å². The number of nitrogens with zero attached hydrogens (tertiary/aromatic N) is 1. The van der Waals surface area contributed by atoms with Crippen molar-refractivity contribution in [3.05, 3.63) is 12.2 Å². The van der Waals surface area contributed by atoms with Crippen molar-refractivity contribution >= 4 is 18.5 Å². The first-order valence-corrected chi connectivity index (χ1v) is 5.26. The van der Waals surface area contributed by atoms with E-state index in [2.05, 4.69) is 18.7 Å². The van der Waals surface area contributed by atoms with Gasteiger partial charge >= 0.3 is 0 Å². The molecule has 2 nitrogen and oxygen atoms in total. The van der Waals surface area contributed by atoms with Gasteiger partial charge in [-0.05, 0) is 12.3 Å². The molecule has 1 rings (SSSR count). The highest BCUT2D eigenvalue weighted by Crippen LogP contribution is 2.14. The van der Waals surface area contributed by atoms with E-state index in [0.717, 1.165) is 19.5 Å².